The highest BCUT2D eigenvalue weighted by Gasteiger charge is 2.52. The van der Waals surface area contributed by atoms with Crippen molar-refractivity contribution in [1.29, 1.82) is 0 Å². The minimum atomic E-state index is -0.683. The molecule has 0 radical (unpaired) electrons. The molecule has 1 heterocycles. The molecule has 0 saturated heterocycles. The highest BCUT2D eigenvalue weighted by molar-refractivity contribution is 5.95. The maximum Gasteiger partial charge on any atom is 0.195 e. The number of rotatable bonds is 1. The molecule has 1 aliphatic carbocycles. The van der Waals surface area contributed by atoms with E-state index in [1.165, 1.54) is 6.42 Å². The van der Waals surface area contributed by atoms with Gasteiger partial charge in [-0.1, -0.05) is 31.5 Å². The summed E-state index contributed by atoms with van der Waals surface area (Å²) in [6.45, 7) is 2.20. The SMILES string of the molecule is CC1(C2(N)N=C(N)Nc3ccccc32)CCC1. The molecule has 1 aromatic rings. The lowest BCUT2D eigenvalue weighted by Gasteiger charge is -2.51. The van der Waals surface area contributed by atoms with Gasteiger partial charge in [0.25, 0.3) is 0 Å². The van der Waals surface area contributed by atoms with Crippen molar-refractivity contribution in [3.63, 3.8) is 0 Å². The molecule has 0 bridgehead atoms. The Morgan fingerprint density at radius 2 is 2.00 bits per heavy atom. The summed E-state index contributed by atoms with van der Waals surface area (Å²) >= 11 is 0. The number of hydrogen-bond donors (Lipinski definition) is 3. The predicted molar refractivity (Wildman–Crippen MR) is 69.5 cm³/mol. The monoisotopic (exact) mass is 230 g/mol. The van der Waals surface area contributed by atoms with Crippen LogP contribution in [0, 0.1) is 5.41 Å². The zero-order chi connectivity index (χ0) is 12.1. The summed E-state index contributed by atoms with van der Waals surface area (Å²) < 4.78 is 0. The van der Waals surface area contributed by atoms with Crippen LogP contribution in [0.15, 0.2) is 29.3 Å². The molecule has 3 rings (SSSR count). The minimum absolute atomic E-state index is 0.0236. The number of hydrogen-bond acceptors (Lipinski definition) is 4. The third kappa shape index (κ3) is 1.30. The Morgan fingerprint density at radius 3 is 2.65 bits per heavy atom. The first-order chi connectivity index (χ1) is 8.05. The summed E-state index contributed by atoms with van der Waals surface area (Å²) in [6, 6.07) is 8.03. The van der Waals surface area contributed by atoms with Crippen molar-refractivity contribution in [2.24, 2.45) is 21.9 Å². The van der Waals surface area contributed by atoms with Gasteiger partial charge >= 0.3 is 0 Å². The lowest BCUT2D eigenvalue weighted by molar-refractivity contribution is 0.0463. The molecule has 1 atom stereocenters. The van der Waals surface area contributed by atoms with Crippen LogP contribution in [0.1, 0.15) is 31.7 Å². The molecule has 2 aliphatic rings. The minimum Gasteiger partial charge on any atom is -0.370 e. The van der Waals surface area contributed by atoms with E-state index in [2.05, 4.69) is 17.2 Å². The molecular weight excluding hydrogens is 212 g/mol. The fourth-order valence-electron chi connectivity index (χ4n) is 2.89. The lowest BCUT2D eigenvalue weighted by Crippen LogP contribution is -2.56. The smallest absolute Gasteiger partial charge is 0.195 e. The maximum absolute atomic E-state index is 6.59. The number of fused-ring (bicyclic) bond motifs is 1. The lowest BCUT2D eigenvalue weighted by atomic mass is 9.60. The first-order valence-corrected chi connectivity index (χ1v) is 6.06. The average molecular weight is 230 g/mol. The number of aliphatic imine (C=N–C) groups is 1. The largest absolute Gasteiger partial charge is 0.370 e. The van der Waals surface area contributed by atoms with Crippen LogP contribution in [0.4, 0.5) is 5.69 Å². The molecule has 1 saturated carbocycles. The number of nitrogens with zero attached hydrogens (tertiary/aromatic N) is 1. The summed E-state index contributed by atoms with van der Waals surface area (Å²) in [5.74, 6) is 0.416. The predicted octanol–water partition coefficient (Wildman–Crippen LogP) is 1.73. The average Bonchev–Trinajstić information content (AvgIpc) is 2.25. The second-order valence-electron chi connectivity index (χ2n) is 5.35. The molecule has 1 aliphatic heterocycles. The van der Waals surface area contributed by atoms with Crippen molar-refractivity contribution >= 4 is 11.6 Å². The van der Waals surface area contributed by atoms with E-state index < -0.39 is 5.66 Å². The Morgan fingerprint density at radius 1 is 1.29 bits per heavy atom. The van der Waals surface area contributed by atoms with Crippen LogP contribution in [-0.4, -0.2) is 5.96 Å². The van der Waals surface area contributed by atoms with E-state index in [9.17, 15) is 0 Å². The second-order valence-corrected chi connectivity index (χ2v) is 5.35. The van der Waals surface area contributed by atoms with Crippen LogP contribution >= 0.6 is 0 Å². The van der Waals surface area contributed by atoms with E-state index >= 15 is 0 Å². The van der Waals surface area contributed by atoms with Crippen LogP contribution < -0.4 is 16.8 Å². The third-order valence-electron chi connectivity index (χ3n) is 4.27. The molecular formula is C13H18N4. The second kappa shape index (κ2) is 3.23. The first kappa shape index (κ1) is 10.6. The van der Waals surface area contributed by atoms with E-state index in [1.807, 2.05) is 24.3 Å². The maximum atomic E-state index is 6.59. The van der Waals surface area contributed by atoms with Crippen molar-refractivity contribution in [1.82, 2.24) is 0 Å². The standard InChI is InChI=1S/C13H18N4/c1-12(7-4-8-12)13(15)9-5-2-3-6-10(9)16-11(14)17-13/h2-3,5-6H,4,7-8,15H2,1H3,(H3,14,16,17). The van der Waals surface area contributed by atoms with Gasteiger partial charge in [0, 0.05) is 16.7 Å². The van der Waals surface area contributed by atoms with Crippen LogP contribution in [0.5, 0.6) is 0 Å². The number of nitrogens with two attached hydrogens (primary N) is 2. The van der Waals surface area contributed by atoms with E-state index in [4.69, 9.17) is 11.5 Å². The van der Waals surface area contributed by atoms with Crippen molar-refractivity contribution in [3.8, 4) is 0 Å². The molecule has 5 N–H and O–H groups in total. The number of nitrogens with one attached hydrogen (secondary N) is 1. The molecule has 0 amide bonds. The fraction of sp³-hybridized carbons (Fsp3) is 0.462. The highest BCUT2D eigenvalue weighted by atomic mass is 15.2. The number of anilines is 1. The number of benzene rings is 1. The van der Waals surface area contributed by atoms with E-state index in [-0.39, 0.29) is 5.41 Å². The molecule has 1 aromatic carbocycles. The van der Waals surface area contributed by atoms with Crippen LogP contribution in [0.3, 0.4) is 0 Å². The van der Waals surface area contributed by atoms with Gasteiger partial charge in [-0.05, 0) is 18.9 Å². The summed E-state index contributed by atoms with van der Waals surface area (Å²) in [5, 5.41) is 3.08. The first-order valence-electron chi connectivity index (χ1n) is 6.06. The van der Waals surface area contributed by atoms with Crippen molar-refractivity contribution in [2.75, 3.05) is 5.32 Å². The highest BCUT2D eigenvalue weighted by Crippen LogP contribution is 2.54. The zero-order valence-corrected chi connectivity index (χ0v) is 10.0. The molecule has 4 nitrogen and oxygen atoms in total. The molecule has 0 aromatic heterocycles. The summed E-state index contributed by atoms with van der Waals surface area (Å²) in [7, 11) is 0. The van der Waals surface area contributed by atoms with Crippen LogP contribution in [-0.2, 0) is 5.66 Å². The third-order valence-corrected chi connectivity index (χ3v) is 4.27. The van der Waals surface area contributed by atoms with Crippen molar-refractivity contribution < 1.29 is 0 Å². The van der Waals surface area contributed by atoms with Gasteiger partial charge in [0.15, 0.2) is 5.96 Å². The van der Waals surface area contributed by atoms with E-state index in [1.54, 1.807) is 0 Å². The van der Waals surface area contributed by atoms with E-state index in [0.717, 1.165) is 24.1 Å². The van der Waals surface area contributed by atoms with Crippen molar-refractivity contribution in [3.05, 3.63) is 29.8 Å². The Labute approximate surface area is 101 Å². The Balaban J connectivity index is 2.17. The van der Waals surface area contributed by atoms with Gasteiger partial charge in [0.2, 0.25) is 0 Å². The van der Waals surface area contributed by atoms with Gasteiger partial charge in [-0.25, -0.2) is 4.99 Å². The van der Waals surface area contributed by atoms with Gasteiger partial charge in [0.05, 0.1) is 0 Å². The Kier molecular flexibility index (Phi) is 2.01. The van der Waals surface area contributed by atoms with Crippen molar-refractivity contribution in [2.45, 2.75) is 31.8 Å². The topological polar surface area (TPSA) is 76.4 Å². The van der Waals surface area contributed by atoms with Gasteiger partial charge in [-0.3, -0.25) is 0 Å². The van der Waals surface area contributed by atoms with Gasteiger partial charge in [-0.15, -0.1) is 0 Å². The van der Waals surface area contributed by atoms with Crippen LogP contribution in [0.2, 0.25) is 0 Å². The van der Waals surface area contributed by atoms with Crippen LogP contribution in [0.25, 0.3) is 0 Å². The quantitative estimate of drug-likeness (QED) is 0.687. The van der Waals surface area contributed by atoms with Gasteiger partial charge in [-0.2, -0.15) is 0 Å². The molecule has 1 unspecified atom stereocenters. The van der Waals surface area contributed by atoms with E-state index in [0.29, 0.717) is 5.96 Å². The van der Waals surface area contributed by atoms with Gasteiger partial charge in [0.1, 0.15) is 5.66 Å². The summed E-state index contributed by atoms with van der Waals surface area (Å²) in [5.41, 5.74) is 13.8. The number of para-hydroxylation sites is 1. The fourth-order valence-corrected chi connectivity index (χ4v) is 2.89. The summed E-state index contributed by atoms with van der Waals surface area (Å²) in [4.78, 5) is 4.51. The Hall–Kier alpha value is -1.55. The Bertz CT molecular complexity index is 490. The van der Waals surface area contributed by atoms with Gasteiger partial charge < -0.3 is 16.8 Å². The summed E-state index contributed by atoms with van der Waals surface area (Å²) in [6.07, 6.45) is 3.43. The molecule has 1 fully saturated rings. The molecule has 0 spiro atoms. The normalized spacial score (nSPS) is 29.6. The molecule has 4 heteroatoms. The molecule has 90 valence electrons. The number of guanidine groups is 1. The molecule has 17 heavy (non-hydrogen) atoms. The zero-order valence-electron chi connectivity index (χ0n) is 10.0.